The molecule has 0 saturated carbocycles. The Labute approximate surface area is 112 Å². The highest BCUT2D eigenvalue weighted by molar-refractivity contribution is 7.89. The minimum atomic E-state index is -3.61. The summed E-state index contributed by atoms with van der Waals surface area (Å²) in [6.45, 7) is 3.58. The Hall–Kier alpha value is -1.41. The van der Waals surface area contributed by atoms with Crippen LogP contribution in [0.15, 0.2) is 11.2 Å². The second-order valence-corrected chi connectivity index (χ2v) is 6.04. The van der Waals surface area contributed by atoms with Crippen molar-refractivity contribution in [3.8, 4) is 0 Å². The molecule has 1 unspecified atom stereocenters. The van der Waals surface area contributed by atoms with Crippen molar-refractivity contribution in [1.29, 1.82) is 0 Å². The third kappa shape index (κ3) is 4.99. The second-order valence-electron chi connectivity index (χ2n) is 4.36. The third-order valence-corrected chi connectivity index (χ3v) is 4.11. The lowest BCUT2D eigenvalue weighted by atomic mass is 10.1. The zero-order valence-corrected chi connectivity index (χ0v) is 11.8. The number of aryl methyl sites for hydroxylation is 1. The van der Waals surface area contributed by atoms with Gasteiger partial charge in [0.25, 0.3) is 10.0 Å². The molecule has 0 aromatic carbocycles. The van der Waals surface area contributed by atoms with Gasteiger partial charge in [-0.2, -0.15) is 0 Å². The summed E-state index contributed by atoms with van der Waals surface area (Å²) < 4.78 is 26.4. The molecule has 1 heterocycles. The van der Waals surface area contributed by atoms with Gasteiger partial charge in [0.05, 0.1) is 6.20 Å². The van der Waals surface area contributed by atoms with E-state index in [1.54, 1.807) is 6.92 Å². The lowest BCUT2D eigenvalue weighted by Crippen LogP contribution is -2.32. The molecule has 0 radical (unpaired) electrons. The molecule has 0 bridgehead atoms. The Morgan fingerprint density at radius 2 is 2.26 bits per heavy atom. The van der Waals surface area contributed by atoms with Gasteiger partial charge in [0, 0.05) is 18.9 Å². The number of rotatable bonds is 8. The molecule has 19 heavy (non-hydrogen) atoms. The number of carboxylic acid groups (broad SMARTS) is 1. The van der Waals surface area contributed by atoms with Crippen molar-refractivity contribution in [2.75, 3.05) is 0 Å². The normalized spacial score (nSPS) is 13.4. The molecule has 1 rings (SSSR count). The molecule has 108 valence electrons. The maximum absolute atomic E-state index is 12.0. The first-order valence-corrected chi connectivity index (χ1v) is 7.61. The van der Waals surface area contributed by atoms with Crippen molar-refractivity contribution in [2.45, 2.75) is 50.6 Å². The lowest BCUT2D eigenvalue weighted by molar-refractivity contribution is -0.137. The molecule has 0 amide bonds. The molecule has 0 aliphatic heterocycles. The number of hydrogen-bond acceptors (Lipinski definition) is 4. The van der Waals surface area contributed by atoms with Crippen molar-refractivity contribution in [2.24, 2.45) is 0 Å². The smallest absolute Gasteiger partial charge is 0.303 e. The van der Waals surface area contributed by atoms with Crippen LogP contribution in [0.4, 0.5) is 0 Å². The highest BCUT2D eigenvalue weighted by Gasteiger charge is 2.19. The van der Waals surface area contributed by atoms with Crippen LogP contribution in [0.3, 0.4) is 0 Å². The summed E-state index contributed by atoms with van der Waals surface area (Å²) in [5.41, 5.74) is 0. The highest BCUT2D eigenvalue weighted by atomic mass is 32.2. The predicted molar refractivity (Wildman–Crippen MR) is 69.2 cm³/mol. The summed E-state index contributed by atoms with van der Waals surface area (Å²) in [4.78, 5) is 17.0. The topological polar surface area (TPSA) is 112 Å². The van der Waals surface area contributed by atoms with Crippen molar-refractivity contribution >= 4 is 16.0 Å². The summed E-state index contributed by atoms with van der Waals surface area (Å²) >= 11 is 0. The maximum atomic E-state index is 12.0. The molecule has 0 aliphatic carbocycles. The average Bonchev–Trinajstić information content (AvgIpc) is 2.76. The molecular formula is C11H19N3O4S. The number of nitrogens with one attached hydrogen (secondary N) is 2. The first-order chi connectivity index (χ1) is 8.85. The molecular weight excluding hydrogens is 270 g/mol. The third-order valence-electron chi connectivity index (χ3n) is 2.61. The summed E-state index contributed by atoms with van der Waals surface area (Å²) in [5.74, 6) is -0.268. The summed E-state index contributed by atoms with van der Waals surface area (Å²) in [6, 6.07) is -0.322. The maximum Gasteiger partial charge on any atom is 0.303 e. The number of aliphatic carboxylic acids is 1. The van der Waals surface area contributed by atoms with Crippen molar-refractivity contribution in [3.63, 3.8) is 0 Å². The minimum absolute atomic E-state index is 0.0365. The molecule has 8 heteroatoms. The zero-order chi connectivity index (χ0) is 14.5. The van der Waals surface area contributed by atoms with E-state index in [4.69, 9.17) is 5.11 Å². The van der Waals surface area contributed by atoms with Crippen LogP contribution in [-0.4, -0.2) is 35.5 Å². The number of imidazole rings is 1. The van der Waals surface area contributed by atoms with Gasteiger partial charge in [-0.1, -0.05) is 6.92 Å². The predicted octanol–water partition coefficient (Wildman–Crippen LogP) is 0.894. The van der Waals surface area contributed by atoms with E-state index < -0.39 is 16.0 Å². The van der Waals surface area contributed by atoms with E-state index in [0.29, 0.717) is 25.1 Å². The fraction of sp³-hybridized carbons (Fsp3) is 0.636. The van der Waals surface area contributed by atoms with Gasteiger partial charge in [-0.15, -0.1) is 0 Å². The summed E-state index contributed by atoms with van der Waals surface area (Å²) in [5, 5.41) is 8.55. The van der Waals surface area contributed by atoms with Gasteiger partial charge in [-0.25, -0.2) is 18.1 Å². The van der Waals surface area contributed by atoms with E-state index in [1.165, 1.54) is 6.20 Å². The fourth-order valence-corrected chi connectivity index (χ4v) is 2.82. The second kappa shape index (κ2) is 6.67. The quantitative estimate of drug-likeness (QED) is 0.658. The number of carbonyl (C=O) groups is 1. The largest absolute Gasteiger partial charge is 0.481 e. The minimum Gasteiger partial charge on any atom is -0.481 e. The van der Waals surface area contributed by atoms with Gasteiger partial charge < -0.3 is 10.1 Å². The Morgan fingerprint density at radius 1 is 1.58 bits per heavy atom. The molecule has 1 aromatic heterocycles. The van der Waals surface area contributed by atoms with Crippen molar-refractivity contribution in [1.82, 2.24) is 14.7 Å². The molecule has 0 aliphatic rings. The standard InChI is InChI=1S/C11H19N3O4S/c1-3-9-12-7-10(13-9)19(17,18)14-8(2)5-4-6-11(15)16/h7-8,14H,3-6H2,1-2H3,(H,12,13)(H,15,16). The van der Waals surface area contributed by atoms with E-state index in [9.17, 15) is 13.2 Å². The van der Waals surface area contributed by atoms with Crippen LogP contribution >= 0.6 is 0 Å². The summed E-state index contributed by atoms with van der Waals surface area (Å²) in [6.07, 6.45) is 2.85. The number of hydrogen-bond donors (Lipinski definition) is 3. The van der Waals surface area contributed by atoms with Crippen LogP contribution in [0.2, 0.25) is 0 Å². The monoisotopic (exact) mass is 289 g/mol. The first kappa shape index (κ1) is 15.6. The molecule has 3 N–H and O–H groups in total. The first-order valence-electron chi connectivity index (χ1n) is 6.13. The molecule has 0 fully saturated rings. The zero-order valence-electron chi connectivity index (χ0n) is 11.0. The average molecular weight is 289 g/mol. The number of H-pyrrole nitrogens is 1. The van der Waals surface area contributed by atoms with E-state index in [-0.39, 0.29) is 17.5 Å². The van der Waals surface area contributed by atoms with Crippen molar-refractivity contribution < 1.29 is 18.3 Å². The molecule has 1 atom stereocenters. The van der Waals surface area contributed by atoms with Crippen LogP contribution in [0.25, 0.3) is 0 Å². The van der Waals surface area contributed by atoms with Gasteiger partial charge in [0.2, 0.25) is 0 Å². The van der Waals surface area contributed by atoms with Gasteiger partial charge >= 0.3 is 5.97 Å². The summed E-state index contributed by atoms with van der Waals surface area (Å²) in [7, 11) is -3.61. The Balaban J connectivity index is 2.56. The van der Waals surface area contributed by atoms with Crippen molar-refractivity contribution in [3.05, 3.63) is 12.0 Å². The molecule has 0 saturated heterocycles. The van der Waals surface area contributed by atoms with Crippen LogP contribution < -0.4 is 4.72 Å². The van der Waals surface area contributed by atoms with Gasteiger partial charge in [-0.3, -0.25) is 4.79 Å². The number of nitrogens with zero attached hydrogens (tertiary/aromatic N) is 1. The molecule has 0 spiro atoms. The highest BCUT2D eigenvalue weighted by Crippen LogP contribution is 2.09. The molecule has 1 aromatic rings. The van der Waals surface area contributed by atoms with E-state index in [1.807, 2.05) is 6.92 Å². The van der Waals surface area contributed by atoms with E-state index in [2.05, 4.69) is 14.7 Å². The molecule has 7 nitrogen and oxygen atoms in total. The Kier molecular flexibility index (Phi) is 5.49. The van der Waals surface area contributed by atoms with Gasteiger partial charge in [0.1, 0.15) is 5.82 Å². The van der Waals surface area contributed by atoms with Gasteiger partial charge in [-0.05, 0) is 19.8 Å². The SMILES string of the molecule is CCc1ncc(S(=O)(=O)NC(C)CCCC(=O)O)[nH]1. The van der Waals surface area contributed by atoms with E-state index in [0.717, 1.165) is 0 Å². The lowest BCUT2D eigenvalue weighted by Gasteiger charge is -2.12. The number of aromatic amines is 1. The van der Waals surface area contributed by atoms with Crippen LogP contribution in [0.5, 0.6) is 0 Å². The number of aromatic nitrogens is 2. The van der Waals surface area contributed by atoms with Crippen LogP contribution in [0, 0.1) is 0 Å². The Morgan fingerprint density at radius 3 is 2.79 bits per heavy atom. The number of carboxylic acids is 1. The number of sulfonamides is 1. The van der Waals surface area contributed by atoms with Crippen LogP contribution in [0.1, 0.15) is 38.9 Å². The van der Waals surface area contributed by atoms with E-state index >= 15 is 0 Å². The van der Waals surface area contributed by atoms with Crippen LogP contribution in [-0.2, 0) is 21.2 Å². The Bertz CT molecular complexity index is 524. The fourth-order valence-electron chi connectivity index (χ4n) is 1.61. The van der Waals surface area contributed by atoms with Gasteiger partial charge in [0.15, 0.2) is 5.03 Å².